The maximum atomic E-state index is 12.6. The molecule has 1 atom stereocenters. The lowest BCUT2D eigenvalue weighted by molar-refractivity contribution is 0.626. The fraction of sp³-hybridized carbons (Fsp3) is 0.333. The van der Waals surface area contributed by atoms with E-state index in [1.54, 1.807) is 23.9 Å². The van der Waals surface area contributed by atoms with Crippen LogP contribution in [0.15, 0.2) is 41.8 Å². The van der Waals surface area contributed by atoms with Crippen molar-refractivity contribution in [1.29, 1.82) is 0 Å². The molecule has 1 rings (SSSR count). The number of nitrogens with one attached hydrogen (secondary N) is 1. The predicted molar refractivity (Wildman–Crippen MR) is 64.8 cm³/mol. The quantitative estimate of drug-likeness (QED) is 0.590. The molecular formula is C12H16FNS. The second-order valence-corrected chi connectivity index (χ2v) is 4.26. The highest BCUT2D eigenvalue weighted by molar-refractivity contribution is 7.99. The Morgan fingerprint density at radius 2 is 2.13 bits per heavy atom. The van der Waals surface area contributed by atoms with Crippen LogP contribution in [0, 0.1) is 5.82 Å². The molecule has 0 bridgehead atoms. The van der Waals surface area contributed by atoms with Crippen molar-refractivity contribution < 1.29 is 4.39 Å². The highest BCUT2D eigenvalue weighted by Crippen LogP contribution is 2.19. The Labute approximate surface area is 94.8 Å². The number of rotatable bonds is 6. The Balaban J connectivity index is 2.41. The number of hydrogen-bond acceptors (Lipinski definition) is 2. The molecule has 0 amide bonds. The lowest BCUT2D eigenvalue weighted by atomic mass is 10.3. The van der Waals surface area contributed by atoms with Gasteiger partial charge in [-0.15, -0.1) is 18.3 Å². The van der Waals surface area contributed by atoms with Crippen molar-refractivity contribution in [2.45, 2.75) is 17.9 Å². The summed E-state index contributed by atoms with van der Waals surface area (Å²) in [5, 5.41) is 3.30. The third-order valence-corrected chi connectivity index (χ3v) is 3.13. The van der Waals surface area contributed by atoms with Gasteiger partial charge in [-0.1, -0.05) is 13.0 Å². The first-order valence-electron chi connectivity index (χ1n) is 5.00. The first kappa shape index (κ1) is 12.3. The van der Waals surface area contributed by atoms with Crippen LogP contribution in [-0.4, -0.2) is 18.3 Å². The topological polar surface area (TPSA) is 12.0 Å². The molecule has 0 spiro atoms. The molecule has 1 N–H and O–H groups in total. The zero-order valence-corrected chi connectivity index (χ0v) is 9.69. The summed E-state index contributed by atoms with van der Waals surface area (Å²) >= 11 is 1.70. The predicted octanol–water partition coefficient (Wildman–Crippen LogP) is 3.08. The number of likely N-dealkylation sites (N-methyl/N-ethyl adjacent to an activating group) is 1. The second kappa shape index (κ2) is 6.64. The van der Waals surface area contributed by atoms with Gasteiger partial charge < -0.3 is 5.32 Å². The first-order valence-corrected chi connectivity index (χ1v) is 5.99. The highest BCUT2D eigenvalue weighted by Gasteiger charge is 2.02. The summed E-state index contributed by atoms with van der Waals surface area (Å²) < 4.78 is 12.6. The van der Waals surface area contributed by atoms with E-state index in [1.165, 1.54) is 12.1 Å². The Hall–Kier alpha value is -0.800. The standard InChI is InChI=1S/C12H16FNS/c1-3-11(14-4-2)9-15-12-7-5-10(13)6-8-12/h3,5-8,11,14H,1,4,9H2,2H3. The fourth-order valence-electron chi connectivity index (χ4n) is 1.19. The van der Waals surface area contributed by atoms with Crippen LogP contribution in [0.3, 0.4) is 0 Å². The first-order chi connectivity index (χ1) is 7.26. The van der Waals surface area contributed by atoms with Gasteiger partial charge in [-0.05, 0) is 30.8 Å². The van der Waals surface area contributed by atoms with Crippen LogP contribution in [0.5, 0.6) is 0 Å². The average Bonchev–Trinajstić information content (AvgIpc) is 2.26. The van der Waals surface area contributed by atoms with Crippen LogP contribution in [-0.2, 0) is 0 Å². The van der Waals surface area contributed by atoms with Crippen molar-refractivity contribution in [3.63, 3.8) is 0 Å². The molecule has 1 nitrogen and oxygen atoms in total. The van der Waals surface area contributed by atoms with Crippen LogP contribution >= 0.6 is 11.8 Å². The third-order valence-electron chi connectivity index (χ3n) is 1.99. The minimum absolute atomic E-state index is 0.189. The Bertz CT molecular complexity index is 297. The maximum Gasteiger partial charge on any atom is 0.123 e. The third kappa shape index (κ3) is 4.49. The van der Waals surface area contributed by atoms with Gasteiger partial charge in [-0.25, -0.2) is 4.39 Å². The van der Waals surface area contributed by atoms with Crippen LogP contribution in [0.4, 0.5) is 4.39 Å². The number of hydrogen-bond donors (Lipinski definition) is 1. The molecule has 0 radical (unpaired) electrons. The highest BCUT2D eigenvalue weighted by atomic mass is 32.2. The smallest absolute Gasteiger partial charge is 0.123 e. The molecule has 0 fully saturated rings. The lowest BCUT2D eigenvalue weighted by Gasteiger charge is -2.12. The van der Waals surface area contributed by atoms with Crippen LogP contribution < -0.4 is 5.32 Å². The number of thioether (sulfide) groups is 1. The van der Waals surface area contributed by atoms with E-state index in [0.717, 1.165) is 17.2 Å². The summed E-state index contributed by atoms with van der Waals surface area (Å²) in [6, 6.07) is 6.87. The molecule has 0 aliphatic heterocycles. The molecule has 0 saturated carbocycles. The summed E-state index contributed by atoms with van der Waals surface area (Å²) in [6.45, 7) is 6.77. The zero-order chi connectivity index (χ0) is 11.1. The van der Waals surface area contributed by atoms with Gasteiger partial charge in [0.1, 0.15) is 5.82 Å². The molecular weight excluding hydrogens is 209 g/mol. The van der Waals surface area contributed by atoms with Crippen molar-refractivity contribution in [1.82, 2.24) is 5.32 Å². The van der Waals surface area contributed by atoms with Crippen molar-refractivity contribution >= 4 is 11.8 Å². The van der Waals surface area contributed by atoms with Crippen molar-refractivity contribution in [2.75, 3.05) is 12.3 Å². The molecule has 0 aliphatic carbocycles. The molecule has 1 aromatic carbocycles. The van der Waals surface area contributed by atoms with Crippen molar-refractivity contribution in [3.05, 3.63) is 42.7 Å². The Morgan fingerprint density at radius 3 is 2.67 bits per heavy atom. The lowest BCUT2D eigenvalue weighted by Crippen LogP contribution is -2.28. The molecule has 15 heavy (non-hydrogen) atoms. The molecule has 82 valence electrons. The van der Waals surface area contributed by atoms with Gasteiger partial charge in [0.15, 0.2) is 0 Å². The van der Waals surface area contributed by atoms with Gasteiger partial charge in [0, 0.05) is 16.7 Å². The zero-order valence-electron chi connectivity index (χ0n) is 8.87. The van der Waals surface area contributed by atoms with Gasteiger partial charge in [0.05, 0.1) is 0 Å². The summed E-state index contributed by atoms with van der Waals surface area (Å²) in [6.07, 6.45) is 1.90. The van der Waals surface area contributed by atoms with E-state index in [4.69, 9.17) is 0 Å². The maximum absolute atomic E-state index is 12.6. The largest absolute Gasteiger partial charge is 0.310 e. The van der Waals surface area contributed by atoms with Crippen LogP contribution in [0.25, 0.3) is 0 Å². The monoisotopic (exact) mass is 225 g/mol. The number of halogens is 1. The van der Waals surface area contributed by atoms with Gasteiger partial charge >= 0.3 is 0 Å². The number of benzene rings is 1. The van der Waals surface area contributed by atoms with E-state index in [9.17, 15) is 4.39 Å². The average molecular weight is 225 g/mol. The van der Waals surface area contributed by atoms with Gasteiger partial charge in [0.25, 0.3) is 0 Å². The molecule has 0 aromatic heterocycles. The van der Waals surface area contributed by atoms with Crippen LogP contribution in [0.1, 0.15) is 6.92 Å². The minimum Gasteiger partial charge on any atom is -0.310 e. The van der Waals surface area contributed by atoms with Gasteiger partial charge in [-0.3, -0.25) is 0 Å². The summed E-state index contributed by atoms with van der Waals surface area (Å²) in [4.78, 5) is 1.08. The van der Waals surface area contributed by atoms with E-state index < -0.39 is 0 Å². The van der Waals surface area contributed by atoms with Crippen molar-refractivity contribution in [2.24, 2.45) is 0 Å². The van der Waals surface area contributed by atoms with E-state index >= 15 is 0 Å². The van der Waals surface area contributed by atoms with Crippen molar-refractivity contribution in [3.8, 4) is 0 Å². The van der Waals surface area contributed by atoms with E-state index in [1.807, 2.05) is 6.08 Å². The fourth-order valence-corrected chi connectivity index (χ4v) is 2.14. The molecule has 3 heteroatoms. The van der Waals surface area contributed by atoms with E-state index in [2.05, 4.69) is 18.8 Å². The minimum atomic E-state index is -0.189. The Morgan fingerprint density at radius 1 is 1.47 bits per heavy atom. The van der Waals surface area contributed by atoms with Crippen LogP contribution in [0.2, 0.25) is 0 Å². The van der Waals surface area contributed by atoms with Gasteiger partial charge in [0.2, 0.25) is 0 Å². The SMILES string of the molecule is C=CC(CSc1ccc(F)cc1)NCC. The summed E-state index contributed by atoms with van der Waals surface area (Å²) in [5.74, 6) is 0.731. The summed E-state index contributed by atoms with van der Waals surface area (Å²) in [7, 11) is 0. The second-order valence-electron chi connectivity index (χ2n) is 3.16. The normalized spacial score (nSPS) is 12.4. The van der Waals surface area contributed by atoms with Gasteiger partial charge in [-0.2, -0.15) is 0 Å². The molecule has 0 aliphatic rings. The molecule has 1 unspecified atom stereocenters. The molecule has 0 saturated heterocycles. The Kier molecular flexibility index (Phi) is 5.43. The molecule has 1 aromatic rings. The summed E-state index contributed by atoms with van der Waals surface area (Å²) in [5.41, 5.74) is 0. The van der Waals surface area contributed by atoms with E-state index in [-0.39, 0.29) is 5.82 Å². The van der Waals surface area contributed by atoms with E-state index in [0.29, 0.717) is 6.04 Å². The molecule has 0 heterocycles.